The zero-order valence-corrected chi connectivity index (χ0v) is 8.60. The number of aliphatic hydroxyl groups excluding tert-OH is 1. The van der Waals surface area contributed by atoms with Gasteiger partial charge in [0.1, 0.15) is 0 Å². The molecule has 3 nitrogen and oxygen atoms in total. The van der Waals surface area contributed by atoms with Crippen molar-refractivity contribution in [2.45, 2.75) is 68.8 Å². The lowest BCUT2D eigenvalue weighted by Crippen LogP contribution is -2.57. The van der Waals surface area contributed by atoms with Gasteiger partial charge >= 0.3 is 0 Å². The minimum atomic E-state index is -0.0301. The largest absolute Gasteiger partial charge is 0.393 e. The predicted octanol–water partition coefficient (Wildman–Crippen LogP) is 0.464. The van der Waals surface area contributed by atoms with Gasteiger partial charge in [-0.3, -0.25) is 4.90 Å². The molecule has 0 aromatic heterocycles. The van der Waals surface area contributed by atoms with Gasteiger partial charge in [-0.25, -0.2) is 0 Å². The molecule has 0 amide bonds. The van der Waals surface area contributed by atoms with Crippen molar-refractivity contribution in [2.24, 2.45) is 5.73 Å². The van der Waals surface area contributed by atoms with Gasteiger partial charge in [-0.05, 0) is 38.5 Å². The Labute approximate surface area is 85.3 Å². The minimum Gasteiger partial charge on any atom is -0.393 e. The molecular formula is C11H20N2O. The van der Waals surface area contributed by atoms with Crippen LogP contribution in [0.2, 0.25) is 0 Å². The molecule has 2 unspecified atom stereocenters. The molecule has 0 radical (unpaired) electrons. The number of hydrogen-bond donors (Lipinski definition) is 2. The molecule has 0 aromatic rings. The Kier molecular flexibility index (Phi) is 2.08. The Morgan fingerprint density at radius 1 is 0.929 bits per heavy atom. The summed E-state index contributed by atoms with van der Waals surface area (Å²) in [6, 6.07) is 2.53. The lowest BCUT2D eigenvalue weighted by Gasteiger charge is -2.48. The number of rotatable bonds is 1. The standard InChI is InChI=1S/C11H20N2O/c12-7-3-10(4-7)13-8-1-2-9(13)6-11(14)5-8/h7-11,14H,1-6,12H2. The predicted molar refractivity (Wildman–Crippen MR) is 54.9 cm³/mol. The lowest BCUT2D eigenvalue weighted by atomic mass is 9.83. The fraction of sp³-hybridized carbons (Fsp3) is 1.00. The third-order valence-electron chi connectivity index (χ3n) is 4.34. The van der Waals surface area contributed by atoms with E-state index in [0.717, 1.165) is 18.9 Å². The van der Waals surface area contributed by atoms with E-state index in [9.17, 15) is 5.11 Å². The first-order chi connectivity index (χ1) is 6.74. The zero-order valence-electron chi connectivity index (χ0n) is 8.60. The molecule has 3 rings (SSSR count). The summed E-state index contributed by atoms with van der Waals surface area (Å²) >= 11 is 0. The van der Waals surface area contributed by atoms with E-state index in [1.54, 1.807) is 0 Å². The fourth-order valence-electron chi connectivity index (χ4n) is 3.65. The summed E-state index contributed by atoms with van der Waals surface area (Å²) in [7, 11) is 0. The molecule has 3 N–H and O–H groups in total. The van der Waals surface area contributed by atoms with Crippen LogP contribution in [0.15, 0.2) is 0 Å². The number of nitrogens with zero attached hydrogens (tertiary/aromatic N) is 1. The third kappa shape index (κ3) is 1.30. The summed E-state index contributed by atoms with van der Waals surface area (Å²) < 4.78 is 0. The Morgan fingerprint density at radius 2 is 1.50 bits per heavy atom. The first kappa shape index (κ1) is 9.13. The summed E-state index contributed by atoms with van der Waals surface area (Å²) in [5.41, 5.74) is 5.84. The molecule has 2 bridgehead atoms. The molecule has 3 heteroatoms. The van der Waals surface area contributed by atoms with Crippen molar-refractivity contribution in [3.63, 3.8) is 0 Å². The molecular weight excluding hydrogens is 176 g/mol. The highest BCUT2D eigenvalue weighted by molar-refractivity contribution is 5.02. The third-order valence-corrected chi connectivity index (χ3v) is 4.34. The second-order valence-electron chi connectivity index (χ2n) is 5.34. The SMILES string of the molecule is NC1CC(N2C3CCC2CC(O)C3)C1. The topological polar surface area (TPSA) is 49.5 Å². The van der Waals surface area contributed by atoms with Gasteiger partial charge in [0.15, 0.2) is 0 Å². The van der Waals surface area contributed by atoms with Gasteiger partial charge < -0.3 is 10.8 Å². The van der Waals surface area contributed by atoms with E-state index < -0.39 is 0 Å². The van der Waals surface area contributed by atoms with Crippen LogP contribution in [-0.4, -0.2) is 40.3 Å². The monoisotopic (exact) mass is 196 g/mol. The number of nitrogens with two attached hydrogens (primary N) is 1. The van der Waals surface area contributed by atoms with E-state index in [2.05, 4.69) is 4.90 Å². The first-order valence-electron chi connectivity index (χ1n) is 5.95. The Morgan fingerprint density at radius 3 is 2.00 bits per heavy atom. The zero-order chi connectivity index (χ0) is 9.71. The van der Waals surface area contributed by atoms with E-state index in [0.29, 0.717) is 18.1 Å². The summed E-state index contributed by atoms with van der Waals surface area (Å²) in [6.45, 7) is 0. The molecule has 2 saturated heterocycles. The van der Waals surface area contributed by atoms with E-state index in [1.807, 2.05) is 0 Å². The summed E-state index contributed by atoms with van der Waals surface area (Å²) in [5, 5.41) is 9.68. The van der Waals surface area contributed by atoms with Gasteiger partial charge in [0.25, 0.3) is 0 Å². The van der Waals surface area contributed by atoms with Crippen molar-refractivity contribution in [1.29, 1.82) is 0 Å². The van der Waals surface area contributed by atoms with Crippen molar-refractivity contribution in [2.75, 3.05) is 0 Å². The van der Waals surface area contributed by atoms with Crippen LogP contribution in [0, 0.1) is 0 Å². The molecule has 0 spiro atoms. The molecule has 2 aliphatic heterocycles. The fourth-order valence-corrected chi connectivity index (χ4v) is 3.65. The molecule has 1 aliphatic carbocycles. The highest BCUT2D eigenvalue weighted by Crippen LogP contribution is 2.41. The van der Waals surface area contributed by atoms with Gasteiger partial charge in [0, 0.05) is 24.2 Å². The highest BCUT2D eigenvalue weighted by atomic mass is 16.3. The average molecular weight is 196 g/mol. The van der Waals surface area contributed by atoms with Crippen molar-refractivity contribution in [3.05, 3.63) is 0 Å². The maximum atomic E-state index is 9.68. The average Bonchev–Trinajstić information content (AvgIpc) is 2.32. The minimum absolute atomic E-state index is 0.0301. The maximum Gasteiger partial charge on any atom is 0.0570 e. The van der Waals surface area contributed by atoms with Crippen molar-refractivity contribution < 1.29 is 5.11 Å². The number of aliphatic hydroxyl groups is 1. The van der Waals surface area contributed by atoms with Gasteiger partial charge in [0.2, 0.25) is 0 Å². The Hall–Kier alpha value is -0.120. The second-order valence-corrected chi connectivity index (χ2v) is 5.34. The van der Waals surface area contributed by atoms with E-state index in [1.165, 1.54) is 25.7 Å². The molecule has 0 aromatic carbocycles. The van der Waals surface area contributed by atoms with E-state index in [-0.39, 0.29) is 6.10 Å². The molecule has 1 saturated carbocycles. The molecule has 3 aliphatic rings. The quantitative estimate of drug-likeness (QED) is 0.640. The van der Waals surface area contributed by atoms with E-state index in [4.69, 9.17) is 5.73 Å². The van der Waals surface area contributed by atoms with Crippen LogP contribution in [0.1, 0.15) is 38.5 Å². The van der Waals surface area contributed by atoms with Gasteiger partial charge in [0.05, 0.1) is 6.10 Å². The second kappa shape index (κ2) is 3.19. The van der Waals surface area contributed by atoms with Crippen LogP contribution in [0.4, 0.5) is 0 Å². The molecule has 2 heterocycles. The summed E-state index contributed by atoms with van der Waals surface area (Å²) in [5.74, 6) is 0. The van der Waals surface area contributed by atoms with Crippen LogP contribution in [0.3, 0.4) is 0 Å². The van der Waals surface area contributed by atoms with Crippen LogP contribution in [0.25, 0.3) is 0 Å². The number of hydrogen-bond acceptors (Lipinski definition) is 3. The van der Waals surface area contributed by atoms with Crippen molar-refractivity contribution in [3.8, 4) is 0 Å². The van der Waals surface area contributed by atoms with Crippen LogP contribution >= 0.6 is 0 Å². The lowest BCUT2D eigenvalue weighted by molar-refractivity contribution is -0.0159. The van der Waals surface area contributed by atoms with Gasteiger partial charge in [-0.15, -0.1) is 0 Å². The smallest absolute Gasteiger partial charge is 0.0570 e. The van der Waals surface area contributed by atoms with Crippen molar-refractivity contribution >= 4 is 0 Å². The number of piperidine rings is 1. The molecule has 14 heavy (non-hydrogen) atoms. The van der Waals surface area contributed by atoms with Crippen molar-refractivity contribution in [1.82, 2.24) is 4.90 Å². The summed E-state index contributed by atoms with van der Waals surface area (Å²) in [6.07, 6.45) is 6.94. The highest BCUT2D eigenvalue weighted by Gasteiger charge is 2.46. The van der Waals surface area contributed by atoms with Crippen LogP contribution < -0.4 is 5.73 Å². The van der Waals surface area contributed by atoms with Gasteiger partial charge in [-0.1, -0.05) is 0 Å². The number of fused-ring (bicyclic) bond motifs is 2. The van der Waals surface area contributed by atoms with Crippen LogP contribution in [-0.2, 0) is 0 Å². The molecule has 2 atom stereocenters. The molecule has 3 fully saturated rings. The maximum absolute atomic E-state index is 9.68. The Bertz CT molecular complexity index is 213. The molecule has 80 valence electrons. The van der Waals surface area contributed by atoms with Crippen LogP contribution in [0.5, 0.6) is 0 Å². The summed E-state index contributed by atoms with van der Waals surface area (Å²) in [4.78, 5) is 2.68. The van der Waals surface area contributed by atoms with E-state index >= 15 is 0 Å². The Balaban J connectivity index is 1.69. The first-order valence-corrected chi connectivity index (χ1v) is 5.95. The normalized spacial score (nSPS) is 53.1. The van der Waals surface area contributed by atoms with Gasteiger partial charge in [-0.2, -0.15) is 0 Å².